The monoisotopic (exact) mass is 513 g/mol. The lowest BCUT2D eigenvalue weighted by atomic mass is 9.90. The minimum Gasteiger partial charge on any atom is -0.363 e. The van der Waals surface area contributed by atoms with Crippen molar-refractivity contribution in [3.05, 3.63) is 76.8 Å². The molecule has 4 rings (SSSR count). The zero-order chi connectivity index (χ0) is 22.1. The largest absolute Gasteiger partial charge is 0.363 e. The number of rotatable bonds is 7. The highest BCUT2D eigenvalue weighted by Gasteiger charge is 2.44. The molecule has 0 unspecified atom stereocenters. The van der Waals surface area contributed by atoms with Crippen molar-refractivity contribution in [1.29, 1.82) is 0 Å². The van der Waals surface area contributed by atoms with Gasteiger partial charge in [0.1, 0.15) is 29.9 Å². The van der Waals surface area contributed by atoms with Crippen molar-refractivity contribution in [2.24, 2.45) is 0 Å². The van der Waals surface area contributed by atoms with Crippen LogP contribution in [0.25, 0.3) is 0 Å². The summed E-state index contributed by atoms with van der Waals surface area (Å²) in [6, 6.07) is 9.35. The van der Waals surface area contributed by atoms with Crippen molar-refractivity contribution in [2.75, 3.05) is 6.61 Å². The first-order valence-electron chi connectivity index (χ1n) is 9.38. The molecular formula is C20H18BrF2N3O4S. The van der Waals surface area contributed by atoms with Gasteiger partial charge in [-0.25, -0.2) is 18.4 Å². The Hall–Kier alpha value is -2.21. The molecule has 11 heteroatoms. The van der Waals surface area contributed by atoms with Crippen LogP contribution in [0.3, 0.4) is 0 Å². The summed E-state index contributed by atoms with van der Waals surface area (Å²) < 4.78 is 66.6. The van der Waals surface area contributed by atoms with Crippen molar-refractivity contribution in [1.82, 2.24) is 14.8 Å². The highest BCUT2D eigenvalue weighted by Crippen LogP contribution is 2.42. The normalized spacial score (nSPS) is 21.5. The van der Waals surface area contributed by atoms with E-state index >= 15 is 0 Å². The Labute approximate surface area is 186 Å². The summed E-state index contributed by atoms with van der Waals surface area (Å²) in [4.78, 5) is 3.91. The lowest BCUT2D eigenvalue weighted by Gasteiger charge is -2.30. The zero-order valence-corrected chi connectivity index (χ0v) is 18.5. The van der Waals surface area contributed by atoms with E-state index in [2.05, 4.69) is 26.0 Å². The number of benzene rings is 2. The molecule has 0 spiro atoms. The first-order chi connectivity index (χ1) is 14.8. The maximum Gasteiger partial charge on any atom is 0.297 e. The standard InChI is InChI=1S/C20H18BrF2N3O4S/c21-14-1-4-17(5-2-14)31(27,28)29-10-16-7-8-20(30-16,11-26-13-24-12-25-26)18-6-3-15(22)9-19(18)23/h1-6,9,12-13,16H,7-8,10-11H2/t16-,20+/m0/s1. The van der Waals surface area contributed by atoms with E-state index in [0.717, 1.165) is 16.6 Å². The van der Waals surface area contributed by atoms with Gasteiger partial charge in [0.15, 0.2) is 0 Å². The van der Waals surface area contributed by atoms with Gasteiger partial charge in [-0.1, -0.05) is 22.0 Å². The molecule has 0 bridgehead atoms. The van der Waals surface area contributed by atoms with Crippen molar-refractivity contribution >= 4 is 26.0 Å². The maximum absolute atomic E-state index is 14.6. The van der Waals surface area contributed by atoms with E-state index in [0.29, 0.717) is 12.8 Å². The molecule has 0 radical (unpaired) electrons. The third-order valence-electron chi connectivity index (χ3n) is 5.08. The molecule has 164 valence electrons. The van der Waals surface area contributed by atoms with Gasteiger partial charge in [-0.2, -0.15) is 13.5 Å². The third-order valence-corrected chi connectivity index (χ3v) is 6.90. The molecule has 1 aromatic heterocycles. The highest BCUT2D eigenvalue weighted by molar-refractivity contribution is 9.10. The van der Waals surface area contributed by atoms with Crippen molar-refractivity contribution < 1.29 is 26.1 Å². The van der Waals surface area contributed by atoms with Crippen LogP contribution >= 0.6 is 15.9 Å². The average Bonchev–Trinajstić information content (AvgIpc) is 3.38. The Bertz CT molecular complexity index is 1160. The predicted octanol–water partition coefficient (Wildman–Crippen LogP) is 3.80. The minimum atomic E-state index is -3.98. The molecule has 7 nitrogen and oxygen atoms in total. The molecule has 0 N–H and O–H groups in total. The molecule has 3 aromatic rings. The molecule has 1 aliphatic heterocycles. The van der Waals surface area contributed by atoms with E-state index in [1.54, 1.807) is 12.1 Å². The first-order valence-corrected chi connectivity index (χ1v) is 11.6. The van der Waals surface area contributed by atoms with Gasteiger partial charge in [-0.3, -0.25) is 4.18 Å². The van der Waals surface area contributed by atoms with Crippen molar-refractivity contribution in [2.45, 2.75) is 36.0 Å². The topological polar surface area (TPSA) is 83.3 Å². The fraction of sp³-hybridized carbons (Fsp3) is 0.300. The fourth-order valence-corrected chi connectivity index (χ4v) is 4.82. The molecule has 0 aliphatic carbocycles. The van der Waals surface area contributed by atoms with Gasteiger partial charge < -0.3 is 4.74 Å². The molecule has 2 atom stereocenters. The van der Waals surface area contributed by atoms with Gasteiger partial charge in [0.2, 0.25) is 0 Å². The summed E-state index contributed by atoms with van der Waals surface area (Å²) in [6.07, 6.45) is 2.98. The highest BCUT2D eigenvalue weighted by atomic mass is 79.9. The molecule has 2 aromatic carbocycles. The van der Waals surface area contributed by atoms with Crippen LogP contribution in [0, 0.1) is 11.6 Å². The summed E-state index contributed by atoms with van der Waals surface area (Å²) in [7, 11) is -3.98. The first kappa shape index (κ1) is 22.0. The number of halogens is 3. The fourth-order valence-electron chi connectivity index (χ4n) is 3.62. The van der Waals surface area contributed by atoms with Gasteiger partial charge in [-0.15, -0.1) is 0 Å². The molecular weight excluding hydrogens is 496 g/mol. The van der Waals surface area contributed by atoms with Crippen LogP contribution in [0.5, 0.6) is 0 Å². The quantitative estimate of drug-likeness (QED) is 0.447. The van der Waals surface area contributed by atoms with E-state index < -0.39 is 33.5 Å². The minimum absolute atomic E-state index is 0.0205. The smallest absolute Gasteiger partial charge is 0.297 e. The van der Waals surface area contributed by atoms with Crippen LogP contribution < -0.4 is 0 Å². The van der Waals surface area contributed by atoms with Crippen LogP contribution in [-0.4, -0.2) is 35.9 Å². The SMILES string of the molecule is O=S(=O)(OC[C@@H]1CC[C@@](Cn2cncn2)(c2ccc(F)cc2F)O1)c1ccc(Br)cc1. The molecule has 1 aliphatic rings. The maximum atomic E-state index is 14.6. The Kier molecular flexibility index (Phi) is 6.20. The lowest BCUT2D eigenvalue weighted by Crippen LogP contribution is -2.34. The van der Waals surface area contributed by atoms with Crippen LogP contribution in [0.2, 0.25) is 0 Å². The molecule has 2 heterocycles. The molecule has 1 saturated heterocycles. The molecule has 0 amide bonds. The average molecular weight is 514 g/mol. The predicted molar refractivity (Wildman–Crippen MR) is 109 cm³/mol. The summed E-state index contributed by atoms with van der Waals surface area (Å²) >= 11 is 3.25. The van der Waals surface area contributed by atoms with E-state index in [9.17, 15) is 17.2 Å². The number of ether oxygens (including phenoxy) is 1. The van der Waals surface area contributed by atoms with Crippen molar-refractivity contribution in [3.63, 3.8) is 0 Å². The second-order valence-electron chi connectivity index (χ2n) is 7.18. The third kappa shape index (κ3) is 4.84. The van der Waals surface area contributed by atoms with Gasteiger partial charge in [0.05, 0.1) is 24.2 Å². The van der Waals surface area contributed by atoms with E-state index in [1.807, 2.05) is 0 Å². The summed E-state index contributed by atoms with van der Waals surface area (Å²) in [5.41, 5.74) is -0.997. The van der Waals surface area contributed by atoms with Crippen LogP contribution in [-0.2, 0) is 31.2 Å². The van der Waals surface area contributed by atoms with Gasteiger partial charge in [0, 0.05) is 16.1 Å². The van der Waals surface area contributed by atoms with Gasteiger partial charge >= 0.3 is 0 Å². The Morgan fingerprint density at radius 3 is 2.68 bits per heavy atom. The number of hydrogen-bond acceptors (Lipinski definition) is 6. The van der Waals surface area contributed by atoms with Crippen LogP contribution in [0.1, 0.15) is 18.4 Å². The Morgan fingerprint density at radius 1 is 1.23 bits per heavy atom. The van der Waals surface area contributed by atoms with Gasteiger partial charge in [-0.05, 0) is 43.2 Å². The van der Waals surface area contributed by atoms with Crippen LogP contribution in [0.15, 0.2) is 64.5 Å². The molecule has 1 fully saturated rings. The van der Waals surface area contributed by atoms with E-state index in [1.165, 1.54) is 35.5 Å². The zero-order valence-electron chi connectivity index (χ0n) is 16.1. The second-order valence-corrected chi connectivity index (χ2v) is 9.71. The van der Waals surface area contributed by atoms with E-state index in [-0.39, 0.29) is 23.6 Å². The summed E-state index contributed by atoms with van der Waals surface area (Å²) in [6.45, 7) is -0.105. The van der Waals surface area contributed by atoms with Crippen molar-refractivity contribution in [3.8, 4) is 0 Å². The lowest BCUT2D eigenvalue weighted by molar-refractivity contribution is -0.0728. The molecule has 31 heavy (non-hydrogen) atoms. The summed E-state index contributed by atoms with van der Waals surface area (Å²) in [5.74, 6) is -1.44. The van der Waals surface area contributed by atoms with Gasteiger partial charge in [0.25, 0.3) is 10.1 Å². The van der Waals surface area contributed by atoms with E-state index in [4.69, 9.17) is 8.92 Å². The Balaban J connectivity index is 1.53. The Morgan fingerprint density at radius 2 is 2.00 bits per heavy atom. The van der Waals surface area contributed by atoms with Crippen LogP contribution in [0.4, 0.5) is 8.78 Å². The second kappa shape index (κ2) is 8.73. The number of aromatic nitrogens is 3. The summed E-state index contributed by atoms with van der Waals surface area (Å²) in [5, 5.41) is 4.05. The number of hydrogen-bond donors (Lipinski definition) is 0. The molecule has 0 saturated carbocycles. The number of nitrogens with zero attached hydrogens (tertiary/aromatic N) is 3.